The van der Waals surface area contributed by atoms with Crippen molar-refractivity contribution in [1.29, 1.82) is 0 Å². The van der Waals surface area contributed by atoms with Crippen molar-refractivity contribution in [3.05, 3.63) is 59.9 Å². The molecule has 1 atom stereocenters. The summed E-state index contributed by atoms with van der Waals surface area (Å²) in [5.41, 5.74) is 0.638. The summed E-state index contributed by atoms with van der Waals surface area (Å²) in [7, 11) is 3.22. The lowest BCUT2D eigenvalue weighted by atomic mass is 10.1. The fourth-order valence-electron chi connectivity index (χ4n) is 3.07. The standard InChI is InChI=1S/C23H27N3O4S/c1-15(2)26-22(16(3)30-20-8-6-7-19(13-20)29-5)24-25-23(26)31-14-21(27)17-9-11-18(28-4)12-10-17/h6-13,15-16H,14H2,1-5H3. The molecule has 0 bridgehead atoms. The second-order valence-electron chi connectivity index (χ2n) is 7.18. The number of Topliss-reactive ketones (excluding diaryl/α,β-unsaturated/α-hetero) is 1. The lowest BCUT2D eigenvalue weighted by Crippen LogP contribution is -2.14. The molecule has 0 aliphatic heterocycles. The number of aromatic nitrogens is 3. The number of benzene rings is 2. The van der Waals surface area contributed by atoms with E-state index < -0.39 is 0 Å². The first-order valence-corrected chi connectivity index (χ1v) is 11.0. The Morgan fingerprint density at radius 3 is 2.29 bits per heavy atom. The van der Waals surface area contributed by atoms with E-state index in [1.807, 2.05) is 35.8 Å². The summed E-state index contributed by atoms with van der Waals surface area (Å²) in [5.74, 6) is 3.13. The van der Waals surface area contributed by atoms with E-state index in [0.717, 1.165) is 11.5 Å². The monoisotopic (exact) mass is 441 g/mol. The van der Waals surface area contributed by atoms with Crippen molar-refractivity contribution in [2.24, 2.45) is 0 Å². The maximum absolute atomic E-state index is 12.6. The van der Waals surface area contributed by atoms with E-state index in [1.54, 1.807) is 38.5 Å². The zero-order chi connectivity index (χ0) is 22.4. The van der Waals surface area contributed by atoms with Gasteiger partial charge in [-0.15, -0.1) is 10.2 Å². The molecule has 3 rings (SSSR count). The molecule has 0 fully saturated rings. The van der Waals surface area contributed by atoms with Gasteiger partial charge in [-0.1, -0.05) is 17.8 Å². The van der Waals surface area contributed by atoms with E-state index in [4.69, 9.17) is 14.2 Å². The third-order valence-electron chi connectivity index (χ3n) is 4.67. The first-order valence-electron chi connectivity index (χ1n) is 9.98. The summed E-state index contributed by atoms with van der Waals surface area (Å²) >= 11 is 1.37. The fourth-order valence-corrected chi connectivity index (χ4v) is 4.04. The van der Waals surface area contributed by atoms with Crippen LogP contribution in [0.1, 0.15) is 49.1 Å². The van der Waals surface area contributed by atoms with Gasteiger partial charge < -0.3 is 18.8 Å². The van der Waals surface area contributed by atoms with Gasteiger partial charge >= 0.3 is 0 Å². The van der Waals surface area contributed by atoms with Crippen molar-refractivity contribution >= 4 is 17.5 Å². The number of ketones is 1. The summed E-state index contributed by atoms with van der Waals surface area (Å²) < 4.78 is 18.5. The molecule has 0 saturated carbocycles. The molecule has 7 nitrogen and oxygen atoms in total. The minimum atomic E-state index is -0.325. The fraction of sp³-hybridized carbons (Fsp3) is 0.348. The Hall–Kier alpha value is -3.00. The van der Waals surface area contributed by atoms with E-state index >= 15 is 0 Å². The third kappa shape index (κ3) is 5.58. The smallest absolute Gasteiger partial charge is 0.192 e. The largest absolute Gasteiger partial charge is 0.497 e. The first-order chi connectivity index (χ1) is 14.9. The van der Waals surface area contributed by atoms with Gasteiger partial charge in [0.15, 0.2) is 22.9 Å². The number of rotatable bonds is 10. The highest BCUT2D eigenvalue weighted by molar-refractivity contribution is 7.99. The van der Waals surface area contributed by atoms with E-state index in [0.29, 0.717) is 22.3 Å². The molecular formula is C23H27N3O4S. The van der Waals surface area contributed by atoms with E-state index in [2.05, 4.69) is 24.0 Å². The molecule has 0 radical (unpaired) electrons. The van der Waals surface area contributed by atoms with Gasteiger partial charge in [-0.2, -0.15) is 0 Å². The van der Waals surface area contributed by atoms with Crippen LogP contribution in [-0.4, -0.2) is 40.5 Å². The minimum Gasteiger partial charge on any atom is -0.497 e. The van der Waals surface area contributed by atoms with Crippen LogP contribution in [0.15, 0.2) is 53.7 Å². The number of nitrogens with zero attached hydrogens (tertiary/aromatic N) is 3. The number of carbonyl (C=O) groups excluding carboxylic acids is 1. The SMILES string of the molecule is COc1ccc(C(=O)CSc2nnc(C(C)Oc3cccc(OC)c3)n2C(C)C)cc1. The highest BCUT2D eigenvalue weighted by atomic mass is 32.2. The molecule has 0 spiro atoms. The number of hydrogen-bond donors (Lipinski definition) is 0. The van der Waals surface area contributed by atoms with Gasteiger partial charge in [0.25, 0.3) is 0 Å². The Kier molecular flexibility index (Phi) is 7.57. The maximum Gasteiger partial charge on any atom is 0.192 e. The van der Waals surface area contributed by atoms with Gasteiger partial charge in [-0.05, 0) is 57.2 Å². The number of carbonyl (C=O) groups is 1. The predicted molar refractivity (Wildman–Crippen MR) is 120 cm³/mol. The minimum absolute atomic E-state index is 0.0215. The average molecular weight is 442 g/mol. The lowest BCUT2D eigenvalue weighted by Gasteiger charge is -2.19. The van der Waals surface area contributed by atoms with Crippen LogP contribution in [0.25, 0.3) is 0 Å². The Balaban J connectivity index is 1.72. The Morgan fingerprint density at radius 1 is 0.968 bits per heavy atom. The van der Waals surface area contributed by atoms with Crippen LogP contribution in [0.3, 0.4) is 0 Å². The second kappa shape index (κ2) is 10.3. The molecule has 0 saturated heterocycles. The topological polar surface area (TPSA) is 75.5 Å². The molecule has 1 heterocycles. The zero-order valence-electron chi connectivity index (χ0n) is 18.4. The molecule has 1 aromatic heterocycles. The highest BCUT2D eigenvalue weighted by Gasteiger charge is 2.22. The number of thioether (sulfide) groups is 1. The van der Waals surface area contributed by atoms with E-state index in [9.17, 15) is 4.79 Å². The molecule has 0 amide bonds. The van der Waals surface area contributed by atoms with Crippen LogP contribution >= 0.6 is 11.8 Å². The van der Waals surface area contributed by atoms with Gasteiger partial charge in [-0.25, -0.2) is 0 Å². The van der Waals surface area contributed by atoms with Crippen molar-refractivity contribution in [2.75, 3.05) is 20.0 Å². The molecule has 0 N–H and O–H groups in total. The van der Waals surface area contributed by atoms with Crippen molar-refractivity contribution in [1.82, 2.24) is 14.8 Å². The normalized spacial score (nSPS) is 11.9. The van der Waals surface area contributed by atoms with Gasteiger partial charge in [0.2, 0.25) is 0 Å². The van der Waals surface area contributed by atoms with Crippen molar-refractivity contribution in [2.45, 2.75) is 38.1 Å². The highest BCUT2D eigenvalue weighted by Crippen LogP contribution is 2.29. The van der Waals surface area contributed by atoms with Crippen molar-refractivity contribution in [3.63, 3.8) is 0 Å². The zero-order valence-corrected chi connectivity index (χ0v) is 19.2. The van der Waals surface area contributed by atoms with E-state index in [-0.39, 0.29) is 23.7 Å². The molecule has 31 heavy (non-hydrogen) atoms. The maximum atomic E-state index is 12.6. The summed E-state index contributed by atoms with van der Waals surface area (Å²) in [6.45, 7) is 6.04. The van der Waals surface area contributed by atoms with Crippen LogP contribution in [0, 0.1) is 0 Å². The van der Waals surface area contributed by atoms with Gasteiger partial charge in [0.1, 0.15) is 17.2 Å². The molecular weight excluding hydrogens is 414 g/mol. The van der Waals surface area contributed by atoms with Crippen LogP contribution in [0.4, 0.5) is 0 Å². The van der Waals surface area contributed by atoms with Crippen LogP contribution in [0.2, 0.25) is 0 Å². The predicted octanol–water partition coefficient (Wildman–Crippen LogP) is 4.99. The van der Waals surface area contributed by atoms with Gasteiger partial charge in [0, 0.05) is 17.7 Å². The Morgan fingerprint density at radius 2 is 1.65 bits per heavy atom. The summed E-state index contributed by atoms with van der Waals surface area (Å²) in [5, 5.41) is 9.37. The molecule has 3 aromatic rings. The summed E-state index contributed by atoms with van der Waals surface area (Å²) in [6, 6.07) is 14.7. The van der Waals surface area contributed by atoms with E-state index in [1.165, 1.54) is 11.8 Å². The van der Waals surface area contributed by atoms with Crippen molar-refractivity contribution in [3.8, 4) is 17.2 Å². The molecule has 164 valence electrons. The first kappa shape index (κ1) is 22.7. The summed E-state index contributed by atoms with van der Waals surface area (Å²) in [4.78, 5) is 12.6. The molecule has 2 aromatic carbocycles. The number of methoxy groups -OCH3 is 2. The molecule has 8 heteroatoms. The van der Waals surface area contributed by atoms with Crippen LogP contribution < -0.4 is 14.2 Å². The molecule has 0 aliphatic carbocycles. The third-order valence-corrected chi connectivity index (χ3v) is 5.61. The quantitative estimate of drug-likeness (QED) is 0.324. The number of ether oxygens (including phenoxy) is 3. The van der Waals surface area contributed by atoms with Gasteiger partial charge in [0.05, 0.1) is 20.0 Å². The van der Waals surface area contributed by atoms with Crippen LogP contribution in [-0.2, 0) is 0 Å². The second-order valence-corrected chi connectivity index (χ2v) is 8.13. The van der Waals surface area contributed by atoms with Crippen LogP contribution in [0.5, 0.6) is 17.2 Å². The van der Waals surface area contributed by atoms with Gasteiger partial charge in [-0.3, -0.25) is 4.79 Å². The molecule has 1 unspecified atom stereocenters. The lowest BCUT2D eigenvalue weighted by molar-refractivity contribution is 0.102. The Labute approximate surface area is 186 Å². The average Bonchev–Trinajstić information content (AvgIpc) is 3.22. The molecule has 0 aliphatic rings. The Bertz CT molecular complexity index is 1020. The number of hydrogen-bond acceptors (Lipinski definition) is 7. The van der Waals surface area contributed by atoms with Crippen molar-refractivity contribution < 1.29 is 19.0 Å². The summed E-state index contributed by atoms with van der Waals surface area (Å²) in [6.07, 6.45) is -0.325.